The summed E-state index contributed by atoms with van der Waals surface area (Å²) in [6.45, 7) is 5.32. The molecule has 18 heavy (non-hydrogen) atoms. The van der Waals surface area contributed by atoms with Gasteiger partial charge in [-0.05, 0) is 38.5 Å². The van der Waals surface area contributed by atoms with Crippen LogP contribution in [0.5, 0.6) is 0 Å². The number of aliphatic hydroxyl groups excluding tert-OH is 1. The first kappa shape index (κ1) is 15.3. The molecule has 0 saturated heterocycles. The van der Waals surface area contributed by atoms with Crippen molar-refractivity contribution < 1.29 is 14.6 Å². The maximum atomic E-state index is 11.6. The molecule has 100 valence electrons. The Kier molecular flexibility index (Phi) is 5.02. The molecule has 0 aliphatic rings. The van der Waals surface area contributed by atoms with E-state index in [1.165, 1.54) is 0 Å². The topological polar surface area (TPSA) is 46.5 Å². The zero-order valence-electron chi connectivity index (χ0n) is 10.5. The molecule has 0 saturated carbocycles. The number of halogens is 2. The van der Waals surface area contributed by atoms with Crippen molar-refractivity contribution in [1.82, 2.24) is 0 Å². The van der Waals surface area contributed by atoms with Gasteiger partial charge in [0.1, 0.15) is 5.60 Å². The Hall–Kier alpha value is -0.770. The first-order chi connectivity index (χ1) is 8.19. The van der Waals surface area contributed by atoms with Crippen molar-refractivity contribution in [3.05, 3.63) is 33.8 Å². The van der Waals surface area contributed by atoms with E-state index in [1.807, 2.05) is 0 Å². The van der Waals surface area contributed by atoms with Crippen molar-refractivity contribution in [3.8, 4) is 0 Å². The summed E-state index contributed by atoms with van der Waals surface area (Å²) in [5.74, 6) is -0.457. The normalized spacial score (nSPS) is 13.2. The van der Waals surface area contributed by atoms with E-state index in [2.05, 4.69) is 0 Å². The molecule has 1 unspecified atom stereocenters. The van der Waals surface area contributed by atoms with E-state index in [0.717, 1.165) is 0 Å². The van der Waals surface area contributed by atoms with Crippen molar-refractivity contribution in [2.24, 2.45) is 0 Å². The predicted octanol–water partition coefficient (Wildman–Crippen LogP) is 3.76. The highest BCUT2D eigenvalue weighted by atomic mass is 35.5. The Morgan fingerprint density at radius 2 is 1.94 bits per heavy atom. The van der Waals surface area contributed by atoms with Crippen LogP contribution in [0.4, 0.5) is 0 Å². The van der Waals surface area contributed by atoms with Gasteiger partial charge in [0.2, 0.25) is 0 Å². The van der Waals surface area contributed by atoms with Crippen molar-refractivity contribution >= 4 is 29.2 Å². The summed E-state index contributed by atoms with van der Waals surface area (Å²) in [6.07, 6.45) is -1.07. The Morgan fingerprint density at radius 3 is 2.44 bits per heavy atom. The molecule has 0 amide bonds. The van der Waals surface area contributed by atoms with Gasteiger partial charge in [-0.25, -0.2) is 0 Å². The molecule has 1 N–H and O–H groups in total. The van der Waals surface area contributed by atoms with E-state index in [-0.39, 0.29) is 6.42 Å². The van der Waals surface area contributed by atoms with Crippen molar-refractivity contribution in [2.45, 2.75) is 38.9 Å². The van der Waals surface area contributed by atoms with Crippen LogP contribution in [0.2, 0.25) is 10.0 Å². The van der Waals surface area contributed by atoms with Gasteiger partial charge in [0.15, 0.2) is 0 Å². The van der Waals surface area contributed by atoms with Gasteiger partial charge < -0.3 is 9.84 Å². The van der Waals surface area contributed by atoms with Gasteiger partial charge in [0.05, 0.1) is 22.6 Å². The highest BCUT2D eigenvalue weighted by molar-refractivity contribution is 6.42. The number of aliphatic hydroxyl groups is 1. The van der Waals surface area contributed by atoms with Crippen LogP contribution in [-0.2, 0) is 9.53 Å². The van der Waals surface area contributed by atoms with Gasteiger partial charge in [-0.2, -0.15) is 0 Å². The van der Waals surface area contributed by atoms with Crippen LogP contribution in [-0.4, -0.2) is 16.7 Å². The largest absolute Gasteiger partial charge is 0.460 e. The average Bonchev–Trinajstić information content (AvgIpc) is 2.18. The lowest BCUT2D eigenvalue weighted by molar-refractivity contribution is -0.157. The fourth-order valence-corrected chi connectivity index (χ4v) is 1.69. The van der Waals surface area contributed by atoms with Crippen molar-refractivity contribution in [1.29, 1.82) is 0 Å². The summed E-state index contributed by atoms with van der Waals surface area (Å²) < 4.78 is 5.13. The summed E-state index contributed by atoms with van der Waals surface area (Å²) in [5, 5.41) is 10.7. The van der Waals surface area contributed by atoms with Crippen LogP contribution < -0.4 is 0 Å². The molecule has 0 heterocycles. The minimum atomic E-state index is -0.949. The monoisotopic (exact) mass is 290 g/mol. The number of carbonyl (C=O) groups is 1. The van der Waals surface area contributed by atoms with Crippen LogP contribution in [0.15, 0.2) is 18.2 Å². The Labute approximate surface area is 117 Å². The number of hydrogen-bond acceptors (Lipinski definition) is 3. The smallest absolute Gasteiger partial charge is 0.309 e. The lowest BCUT2D eigenvalue weighted by Gasteiger charge is -2.20. The van der Waals surface area contributed by atoms with Crippen molar-refractivity contribution in [2.75, 3.05) is 0 Å². The van der Waals surface area contributed by atoms with Crippen LogP contribution in [0, 0.1) is 0 Å². The molecule has 3 nitrogen and oxygen atoms in total. The summed E-state index contributed by atoms with van der Waals surface area (Å²) >= 11 is 11.6. The van der Waals surface area contributed by atoms with Crippen molar-refractivity contribution in [3.63, 3.8) is 0 Å². The Morgan fingerprint density at radius 1 is 1.33 bits per heavy atom. The molecule has 0 aliphatic carbocycles. The van der Waals surface area contributed by atoms with E-state index >= 15 is 0 Å². The predicted molar refractivity (Wildman–Crippen MR) is 71.9 cm³/mol. The zero-order valence-corrected chi connectivity index (χ0v) is 12.0. The molecular weight excluding hydrogens is 275 g/mol. The lowest BCUT2D eigenvalue weighted by Crippen LogP contribution is -2.24. The maximum absolute atomic E-state index is 11.6. The minimum absolute atomic E-state index is 0.116. The first-order valence-corrected chi connectivity index (χ1v) is 6.29. The van der Waals surface area contributed by atoms with Gasteiger partial charge in [-0.15, -0.1) is 0 Å². The van der Waals surface area contributed by atoms with Crippen LogP contribution in [0.3, 0.4) is 0 Å². The number of rotatable bonds is 3. The number of ether oxygens (including phenoxy) is 1. The average molecular weight is 291 g/mol. The number of benzene rings is 1. The van der Waals surface area contributed by atoms with Gasteiger partial charge in [0.25, 0.3) is 0 Å². The fourth-order valence-electron chi connectivity index (χ4n) is 1.38. The first-order valence-electron chi connectivity index (χ1n) is 5.54. The summed E-state index contributed by atoms with van der Waals surface area (Å²) in [7, 11) is 0. The van der Waals surface area contributed by atoms with E-state index < -0.39 is 17.7 Å². The summed E-state index contributed by atoms with van der Waals surface area (Å²) in [6, 6.07) is 4.75. The molecule has 0 spiro atoms. The third-order valence-corrected chi connectivity index (χ3v) is 2.85. The van der Waals surface area contributed by atoms with Crippen LogP contribution in [0.1, 0.15) is 38.9 Å². The van der Waals surface area contributed by atoms with E-state index in [4.69, 9.17) is 27.9 Å². The second kappa shape index (κ2) is 5.91. The van der Waals surface area contributed by atoms with E-state index in [1.54, 1.807) is 39.0 Å². The molecular formula is C13H16Cl2O3. The SMILES string of the molecule is CC(C)(C)OC(=O)CC(O)c1ccc(Cl)c(Cl)c1. The van der Waals surface area contributed by atoms with E-state index in [9.17, 15) is 9.90 Å². The number of hydrogen-bond donors (Lipinski definition) is 1. The van der Waals surface area contributed by atoms with Gasteiger partial charge >= 0.3 is 5.97 Å². The maximum Gasteiger partial charge on any atom is 0.309 e. The quantitative estimate of drug-likeness (QED) is 0.862. The van der Waals surface area contributed by atoms with Gasteiger partial charge in [0, 0.05) is 0 Å². The Bertz CT molecular complexity index is 438. The summed E-state index contributed by atoms with van der Waals surface area (Å²) in [5.41, 5.74) is -0.0238. The zero-order chi connectivity index (χ0) is 13.9. The Balaban J connectivity index is 2.68. The van der Waals surface area contributed by atoms with Crippen LogP contribution in [0.25, 0.3) is 0 Å². The third kappa shape index (κ3) is 4.84. The number of esters is 1. The molecule has 1 rings (SSSR count). The molecule has 1 aromatic carbocycles. The molecule has 1 atom stereocenters. The molecule has 0 fully saturated rings. The minimum Gasteiger partial charge on any atom is -0.460 e. The molecule has 0 radical (unpaired) electrons. The molecule has 5 heteroatoms. The molecule has 0 aliphatic heterocycles. The number of carbonyl (C=O) groups excluding carboxylic acids is 1. The standard InChI is InChI=1S/C13H16Cl2O3/c1-13(2,3)18-12(17)7-11(16)8-4-5-9(14)10(15)6-8/h4-6,11,16H,7H2,1-3H3. The van der Waals surface area contributed by atoms with Gasteiger partial charge in [-0.3, -0.25) is 4.79 Å². The third-order valence-electron chi connectivity index (χ3n) is 2.11. The fraction of sp³-hybridized carbons (Fsp3) is 0.462. The van der Waals surface area contributed by atoms with E-state index in [0.29, 0.717) is 15.6 Å². The molecule has 1 aromatic rings. The molecule has 0 bridgehead atoms. The lowest BCUT2D eigenvalue weighted by atomic mass is 10.1. The second-order valence-corrected chi connectivity index (χ2v) is 5.79. The summed E-state index contributed by atoms with van der Waals surface area (Å²) in [4.78, 5) is 11.6. The highest BCUT2D eigenvalue weighted by Gasteiger charge is 2.20. The highest BCUT2D eigenvalue weighted by Crippen LogP contribution is 2.27. The molecule has 0 aromatic heterocycles. The van der Waals surface area contributed by atoms with Gasteiger partial charge in [-0.1, -0.05) is 29.3 Å². The van der Waals surface area contributed by atoms with Crippen LogP contribution >= 0.6 is 23.2 Å². The second-order valence-electron chi connectivity index (χ2n) is 4.98.